The van der Waals surface area contributed by atoms with Crippen LogP contribution in [0.1, 0.15) is 97.3 Å². The lowest BCUT2D eigenvalue weighted by atomic mass is 9.70. The van der Waals surface area contributed by atoms with Crippen LogP contribution in [0.15, 0.2) is 25.3 Å². The van der Waals surface area contributed by atoms with Crippen LogP contribution in [0.5, 0.6) is 0 Å². The summed E-state index contributed by atoms with van der Waals surface area (Å²) in [5.41, 5.74) is 0.340. The van der Waals surface area contributed by atoms with Crippen LogP contribution in [0.3, 0.4) is 0 Å². The van der Waals surface area contributed by atoms with Crippen molar-refractivity contribution in [1.82, 2.24) is 10.2 Å². The van der Waals surface area contributed by atoms with Gasteiger partial charge in [0.1, 0.15) is 0 Å². The minimum atomic E-state index is -0.360. The number of carbonyl (C=O) groups is 3. The van der Waals surface area contributed by atoms with Crippen molar-refractivity contribution in [2.75, 3.05) is 26.3 Å². The largest absolute Gasteiger partial charge is 0.462 e. The molecule has 7 nitrogen and oxygen atoms in total. The van der Waals surface area contributed by atoms with Crippen LogP contribution in [-0.4, -0.2) is 60.6 Å². The number of esters is 1. The van der Waals surface area contributed by atoms with Gasteiger partial charge in [-0.1, -0.05) is 32.9 Å². The molecule has 0 aromatic rings. The highest BCUT2D eigenvalue weighted by molar-refractivity contribution is 5.88. The highest BCUT2D eigenvalue weighted by atomic mass is 16.5. The lowest BCUT2D eigenvalue weighted by molar-refractivity contribution is -0.139. The number of amides is 1. The first-order valence-electron chi connectivity index (χ1n) is 15.7. The SMILES string of the molecule is C=CC(=O)CCC1CCC(CN2CC3(C)CC(NC(=O)OCC4CCC(COC(=O)C=C)CC4)CC2(C)C3)CC1. The topological polar surface area (TPSA) is 84.9 Å². The molecule has 1 saturated heterocycles. The molecule has 4 aliphatic rings. The summed E-state index contributed by atoms with van der Waals surface area (Å²) in [4.78, 5) is 38.4. The maximum Gasteiger partial charge on any atom is 0.407 e. The van der Waals surface area contributed by atoms with Crippen molar-refractivity contribution < 1.29 is 23.9 Å². The zero-order valence-electron chi connectivity index (χ0n) is 25.0. The van der Waals surface area contributed by atoms with E-state index in [2.05, 4.69) is 37.2 Å². The van der Waals surface area contributed by atoms with Gasteiger partial charge in [0.05, 0.1) is 13.2 Å². The molecule has 1 aliphatic heterocycles. The highest BCUT2D eigenvalue weighted by Gasteiger charge is 2.54. The van der Waals surface area contributed by atoms with Crippen LogP contribution < -0.4 is 5.32 Å². The molecule has 2 bridgehead atoms. The molecule has 3 unspecified atom stereocenters. The summed E-state index contributed by atoms with van der Waals surface area (Å²) in [5, 5.41) is 3.23. The average Bonchev–Trinajstić information content (AvgIpc) is 3.12. The smallest absolute Gasteiger partial charge is 0.407 e. The number of allylic oxidation sites excluding steroid dienone is 1. The zero-order chi connectivity index (χ0) is 28.8. The quantitative estimate of drug-likeness (QED) is 0.227. The molecular weight excluding hydrogens is 504 g/mol. The van der Waals surface area contributed by atoms with E-state index in [1.54, 1.807) is 0 Å². The fourth-order valence-electron chi connectivity index (χ4n) is 8.35. The van der Waals surface area contributed by atoms with E-state index in [1.807, 2.05) is 0 Å². The summed E-state index contributed by atoms with van der Waals surface area (Å²) in [6.07, 6.45) is 16.2. The zero-order valence-corrected chi connectivity index (χ0v) is 25.0. The lowest BCUT2D eigenvalue weighted by Crippen LogP contribution is -2.50. The predicted octanol–water partition coefficient (Wildman–Crippen LogP) is 6.22. The van der Waals surface area contributed by atoms with Crippen LogP contribution in [0.2, 0.25) is 0 Å². The molecular formula is C33H52N2O5. The van der Waals surface area contributed by atoms with Gasteiger partial charge in [0.2, 0.25) is 0 Å². The van der Waals surface area contributed by atoms with Gasteiger partial charge in [0.15, 0.2) is 5.78 Å². The molecule has 0 aromatic heterocycles. The van der Waals surface area contributed by atoms with Crippen molar-refractivity contribution in [2.24, 2.45) is 29.1 Å². The van der Waals surface area contributed by atoms with E-state index < -0.39 is 0 Å². The molecule has 7 heteroatoms. The van der Waals surface area contributed by atoms with Gasteiger partial charge >= 0.3 is 12.1 Å². The van der Waals surface area contributed by atoms with Crippen LogP contribution >= 0.6 is 0 Å². The second-order valence-corrected chi connectivity index (χ2v) is 14.0. The van der Waals surface area contributed by atoms with Crippen molar-refractivity contribution in [3.05, 3.63) is 25.3 Å². The molecule has 0 radical (unpaired) electrons. The Bertz CT molecular complexity index is 920. The minimum absolute atomic E-state index is 0.117. The van der Waals surface area contributed by atoms with Gasteiger partial charge in [-0.15, -0.1) is 0 Å². The van der Waals surface area contributed by atoms with E-state index in [9.17, 15) is 14.4 Å². The summed E-state index contributed by atoms with van der Waals surface area (Å²) >= 11 is 0. The molecule has 3 saturated carbocycles. The number of rotatable bonds is 12. The Morgan fingerprint density at radius 2 is 1.45 bits per heavy atom. The molecule has 40 heavy (non-hydrogen) atoms. The number of carbonyl (C=O) groups excluding carboxylic acids is 3. The second-order valence-electron chi connectivity index (χ2n) is 14.0. The maximum atomic E-state index is 12.8. The number of ketones is 1. The van der Waals surface area contributed by atoms with Gasteiger partial charge in [0.25, 0.3) is 0 Å². The molecule has 3 aliphatic carbocycles. The Hall–Kier alpha value is -2.15. The fraction of sp³-hybridized carbons (Fsp3) is 0.788. The Morgan fingerprint density at radius 3 is 2.08 bits per heavy atom. The third kappa shape index (κ3) is 8.43. The van der Waals surface area contributed by atoms with Gasteiger partial charge in [-0.2, -0.15) is 0 Å². The minimum Gasteiger partial charge on any atom is -0.462 e. The Balaban J connectivity index is 1.17. The average molecular weight is 557 g/mol. The predicted molar refractivity (Wildman–Crippen MR) is 157 cm³/mol. The van der Waals surface area contributed by atoms with Gasteiger partial charge in [0, 0.05) is 37.2 Å². The maximum absolute atomic E-state index is 12.8. The van der Waals surface area contributed by atoms with E-state index in [1.165, 1.54) is 44.3 Å². The molecule has 1 heterocycles. The van der Waals surface area contributed by atoms with Crippen molar-refractivity contribution in [1.29, 1.82) is 0 Å². The summed E-state index contributed by atoms with van der Waals surface area (Å²) in [5.74, 6) is 1.99. The molecule has 1 N–H and O–H groups in total. The Kier molecular flexibility index (Phi) is 10.5. The van der Waals surface area contributed by atoms with E-state index in [0.717, 1.165) is 64.0 Å². The standard InChI is InChI=1S/C33H52N2O5/c1-5-29(36)16-15-24-7-9-25(10-8-24)19-35-23-32(3)17-28(18-33(35,4)22-32)34-31(38)40-21-27-13-11-26(12-14-27)20-39-30(37)6-2/h5-6,24-28H,1-2,7-23H2,3-4H3,(H,34,38). The second kappa shape index (κ2) is 13.7. The summed E-state index contributed by atoms with van der Waals surface area (Å²) in [6.45, 7) is 15.0. The third-order valence-corrected chi connectivity index (χ3v) is 10.4. The van der Waals surface area contributed by atoms with Crippen molar-refractivity contribution in [3.8, 4) is 0 Å². The first kappa shape index (κ1) is 30.8. The number of fused-ring (bicyclic) bond motifs is 2. The number of ether oxygens (including phenoxy) is 2. The van der Waals surface area contributed by atoms with Crippen LogP contribution in [0, 0.1) is 29.1 Å². The van der Waals surface area contributed by atoms with Crippen molar-refractivity contribution >= 4 is 17.8 Å². The van der Waals surface area contributed by atoms with Crippen LogP contribution in [0.4, 0.5) is 4.79 Å². The van der Waals surface area contributed by atoms with Gasteiger partial charge < -0.3 is 14.8 Å². The molecule has 1 amide bonds. The Morgan fingerprint density at radius 1 is 0.850 bits per heavy atom. The van der Waals surface area contributed by atoms with Gasteiger partial charge in [-0.25, -0.2) is 9.59 Å². The highest BCUT2D eigenvalue weighted by Crippen LogP contribution is 2.52. The van der Waals surface area contributed by atoms with E-state index in [4.69, 9.17) is 9.47 Å². The van der Waals surface area contributed by atoms with E-state index in [-0.39, 0.29) is 34.8 Å². The van der Waals surface area contributed by atoms with Gasteiger partial charge in [-0.3, -0.25) is 9.69 Å². The Labute approximate surface area is 241 Å². The molecule has 3 atom stereocenters. The summed E-state index contributed by atoms with van der Waals surface area (Å²) in [6, 6.07) is 0.148. The van der Waals surface area contributed by atoms with Crippen LogP contribution in [-0.2, 0) is 19.1 Å². The first-order valence-corrected chi connectivity index (χ1v) is 15.7. The number of hydrogen-bond acceptors (Lipinski definition) is 6. The number of alkyl carbamates (subject to hydrolysis) is 1. The number of likely N-dealkylation sites (tertiary alicyclic amines) is 1. The van der Waals surface area contributed by atoms with Crippen molar-refractivity contribution in [2.45, 2.75) is 109 Å². The number of hydrogen-bond donors (Lipinski definition) is 1. The third-order valence-electron chi connectivity index (χ3n) is 10.4. The summed E-state index contributed by atoms with van der Waals surface area (Å²) in [7, 11) is 0. The number of nitrogens with one attached hydrogen (secondary N) is 1. The fourth-order valence-corrected chi connectivity index (χ4v) is 8.35. The molecule has 4 rings (SSSR count). The lowest BCUT2D eigenvalue weighted by Gasteiger charge is -2.43. The number of nitrogens with zero attached hydrogens (tertiary/aromatic N) is 1. The normalized spacial score (nSPS) is 35.9. The summed E-state index contributed by atoms with van der Waals surface area (Å²) < 4.78 is 10.9. The van der Waals surface area contributed by atoms with Crippen LogP contribution in [0.25, 0.3) is 0 Å². The molecule has 0 spiro atoms. The monoisotopic (exact) mass is 556 g/mol. The first-order chi connectivity index (χ1) is 19.1. The molecule has 4 fully saturated rings. The molecule has 224 valence electrons. The molecule has 0 aromatic carbocycles. The van der Waals surface area contributed by atoms with Crippen molar-refractivity contribution in [3.63, 3.8) is 0 Å². The van der Waals surface area contributed by atoms with Gasteiger partial charge in [-0.05, 0) is 106 Å². The van der Waals surface area contributed by atoms with E-state index >= 15 is 0 Å². The van der Waals surface area contributed by atoms with E-state index in [0.29, 0.717) is 37.4 Å².